The molecule has 0 heterocycles. The molecule has 0 radical (unpaired) electrons. The lowest BCUT2D eigenvalue weighted by Crippen LogP contribution is -2.20. The smallest absolute Gasteiger partial charge is 0.251 e. The van der Waals surface area contributed by atoms with Crippen molar-refractivity contribution >= 4 is 25.7 Å². The molecule has 0 atom stereocenters. The third-order valence-corrected chi connectivity index (χ3v) is 2.85. The summed E-state index contributed by atoms with van der Waals surface area (Å²) in [6, 6.07) is 5.47. The third kappa shape index (κ3) is 3.61. The van der Waals surface area contributed by atoms with Gasteiger partial charge in [0.2, 0.25) is 0 Å². The summed E-state index contributed by atoms with van der Waals surface area (Å²) in [4.78, 5) is 11.6. The molecule has 6 heteroatoms. The van der Waals surface area contributed by atoms with Crippen LogP contribution in [0.3, 0.4) is 0 Å². The Labute approximate surface area is 114 Å². The Bertz CT molecular complexity index is 525. The average molecular weight is 258 g/mol. The van der Waals surface area contributed by atoms with Crippen molar-refractivity contribution in [3.8, 4) is 0 Å². The molecule has 100 valence electrons. The quantitative estimate of drug-likeness (QED) is 0.457. The van der Waals surface area contributed by atoms with Crippen molar-refractivity contribution in [2.75, 3.05) is 19.4 Å². The highest BCUT2D eigenvalue weighted by Crippen LogP contribution is 2.18. The molecule has 0 saturated heterocycles. The molecular weight excluding hydrogens is 239 g/mol. The zero-order valence-corrected chi connectivity index (χ0v) is 11.7. The van der Waals surface area contributed by atoms with Gasteiger partial charge in [-0.05, 0) is 30.1 Å². The van der Waals surface area contributed by atoms with Gasteiger partial charge in [-0.15, -0.1) is 0 Å². The SMILES string of the molecule is B/C(C=N)=C(/NC)Nc1cc(C(=O)NC)ccc1C. The monoisotopic (exact) mass is 258 g/mol. The van der Waals surface area contributed by atoms with Crippen molar-refractivity contribution < 1.29 is 4.79 Å². The van der Waals surface area contributed by atoms with Crippen molar-refractivity contribution in [1.29, 1.82) is 5.41 Å². The molecule has 0 aromatic heterocycles. The molecule has 0 spiro atoms. The molecule has 1 aromatic rings. The number of carbonyl (C=O) groups excluding carboxylic acids is 1. The van der Waals surface area contributed by atoms with Crippen LogP contribution in [0.1, 0.15) is 15.9 Å². The molecule has 0 saturated carbocycles. The molecule has 0 fully saturated rings. The first kappa shape index (κ1) is 14.8. The third-order valence-electron chi connectivity index (χ3n) is 2.85. The van der Waals surface area contributed by atoms with Crippen molar-refractivity contribution in [2.45, 2.75) is 6.92 Å². The lowest BCUT2D eigenvalue weighted by molar-refractivity contribution is 0.0963. The van der Waals surface area contributed by atoms with E-state index in [0.29, 0.717) is 5.56 Å². The van der Waals surface area contributed by atoms with Gasteiger partial charge in [-0.25, -0.2) is 0 Å². The second-order valence-electron chi connectivity index (χ2n) is 4.19. The first-order valence-electron chi connectivity index (χ1n) is 6.02. The second kappa shape index (κ2) is 6.63. The molecule has 19 heavy (non-hydrogen) atoms. The fourth-order valence-corrected chi connectivity index (χ4v) is 1.61. The molecule has 0 unspecified atom stereocenters. The van der Waals surface area contributed by atoms with Gasteiger partial charge >= 0.3 is 0 Å². The summed E-state index contributed by atoms with van der Waals surface area (Å²) in [7, 11) is 5.23. The van der Waals surface area contributed by atoms with Crippen LogP contribution in [0.5, 0.6) is 0 Å². The van der Waals surface area contributed by atoms with Gasteiger partial charge < -0.3 is 21.4 Å². The maximum Gasteiger partial charge on any atom is 0.251 e. The Morgan fingerprint density at radius 3 is 2.53 bits per heavy atom. The second-order valence-corrected chi connectivity index (χ2v) is 4.19. The Kier molecular flexibility index (Phi) is 5.17. The van der Waals surface area contributed by atoms with Crippen LogP contribution in [0.25, 0.3) is 0 Å². The molecular formula is C13H19BN4O. The summed E-state index contributed by atoms with van der Waals surface area (Å²) >= 11 is 0. The van der Waals surface area contributed by atoms with E-state index in [9.17, 15) is 4.79 Å². The number of anilines is 1. The predicted octanol–water partition coefficient (Wildman–Crippen LogP) is 0.438. The Morgan fingerprint density at radius 1 is 1.32 bits per heavy atom. The summed E-state index contributed by atoms with van der Waals surface area (Å²) in [6.45, 7) is 1.96. The number of rotatable bonds is 5. The summed E-state index contributed by atoms with van der Waals surface area (Å²) in [5.41, 5.74) is 3.25. The van der Waals surface area contributed by atoms with Crippen molar-refractivity contribution in [1.82, 2.24) is 10.6 Å². The zero-order chi connectivity index (χ0) is 14.4. The van der Waals surface area contributed by atoms with Gasteiger partial charge in [-0.2, -0.15) is 0 Å². The lowest BCUT2D eigenvalue weighted by atomic mass is 9.96. The molecule has 1 aromatic carbocycles. The minimum Gasteiger partial charge on any atom is -0.375 e. The molecule has 0 bridgehead atoms. The van der Waals surface area contributed by atoms with E-state index in [1.54, 1.807) is 26.2 Å². The van der Waals surface area contributed by atoms with E-state index in [2.05, 4.69) is 16.0 Å². The van der Waals surface area contributed by atoms with Crippen LogP contribution >= 0.6 is 0 Å². The molecule has 1 amide bonds. The van der Waals surface area contributed by atoms with Crippen molar-refractivity contribution in [2.24, 2.45) is 0 Å². The zero-order valence-electron chi connectivity index (χ0n) is 11.7. The van der Waals surface area contributed by atoms with E-state index in [1.165, 1.54) is 6.21 Å². The van der Waals surface area contributed by atoms with Gasteiger partial charge in [0.1, 0.15) is 7.85 Å². The van der Waals surface area contributed by atoms with E-state index in [0.717, 1.165) is 22.5 Å². The van der Waals surface area contributed by atoms with E-state index in [-0.39, 0.29) is 5.91 Å². The van der Waals surface area contributed by atoms with Gasteiger partial charge in [0.15, 0.2) is 0 Å². The van der Waals surface area contributed by atoms with Crippen LogP contribution in [0.2, 0.25) is 0 Å². The van der Waals surface area contributed by atoms with Crippen LogP contribution in [0.15, 0.2) is 29.5 Å². The number of benzene rings is 1. The number of amides is 1. The predicted molar refractivity (Wildman–Crippen MR) is 81.6 cm³/mol. The Morgan fingerprint density at radius 2 is 2.00 bits per heavy atom. The fourth-order valence-electron chi connectivity index (χ4n) is 1.61. The lowest BCUT2D eigenvalue weighted by Gasteiger charge is -2.15. The van der Waals surface area contributed by atoms with Crippen LogP contribution in [-0.2, 0) is 0 Å². The van der Waals surface area contributed by atoms with Gasteiger partial charge in [-0.3, -0.25) is 4.79 Å². The minimum absolute atomic E-state index is 0.123. The van der Waals surface area contributed by atoms with Crippen molar-refractivity contribution in [3.63, 3.8) is 0 Å². The normalized spacial score (nSPS) is 11.3. The van der Waals surface area contributed by atoms with Gasteiger partial charge in [-0.1, -0.05) is 6.07 Å². The van der Waals surface area contributed by atoms with Gasteiger partial charge in [0, 0.05) is 31.6 Å². The number of allylic oxidation sites excluding steroid dienone is 1. The first-order chi connectivity index (χ1) is 9.03. The number of hydrogen-bond donors (Lipinski definition) is 4. The minimum atomic E-state index is -0.123. The van der Waals surface area contributed by atoms with E-state index in [4.69, 9.17) is 5.41 Å². The van der Waals surface area contributed by atoms with E-state index in [1.807, 2.05) is 20.8 Å². The standard InChI is InChI=1S/C13H19BN4O/c1-8-4-5-9(13(19)17-3)6-11(8)18-12(16-2)10(14)7-15/h4-7,15-16,18H,14H2,1-3H3,(H,17,19)/b12-10-,15-7?. The summed E-state index contributed by atoms with van der Waals surface area (Å²) in [5, 5.41) is 16.1. The van der Waals surface area contributed by atoms with E-state index >= 15 is 0 Å². The highest BCUT2D eigenvalue weighted by molar-refractivity contribution is 6.33. The average Bonchev–Trinajstić information content (AvgIpc) is 2.44. The van der Waals surface area contributed by atoms with Crippen LogP contribution < -0.4 is 16.0 Å². The Balaban J connectivity index is 3.13. The van der Waals surface area contributed by atoms with Crippen LogP contribution in [0, 0.1) is 12.3 Å². The molecule has 4 N–H and O–H groups in total. The maximum atomic E-state index is 11.6. The van der Waals surface area contributed by atoms with E-state index < -0.39 is 0 Å². The molecule has 0 aliphatic rings. The molecule has 0 aliphatic carbocycles. The summed E-state index contributed by atoms with van der Waals surface area (Å²) in [6.07, 6.45) is 1.27. The Hall–Kier alpha value is -2.24. The highest BCUT2D eigenvalue weighted by atomic mass is 16.1. The summed E-state index contributed by atoms with van der Waals surface area (Å²) in [5.74, 6) is 0.619. The molecule has 0 aliphatic heterocycles. The maximum absolute atomic E-state index is 11.6. The number of hydrogen-bond acceptors (Lipinski definition) is 4. The topological polar surface area (TPSA) is 77.0 Å². The fraction of sp³-hybridized carbons (Fsp3) is 0.231. The van der Waals surface area contributed by atoms with Gasteiger partial charge in [0.25, 0.3) is 5.91 Å². The van der Waals surface area contributed by atoms with Crippen LogP contribution in [-0.4, -0.2) is 34.1 Å². The van der Waals surface area contributed by atoms with Crippen molar-refractivity contribution in [3.05, 3.63) is 40.6 Å². The van der Waals surface area contributed by atoms with Gasteiger partial charge in [0.05, 0.1) is 5.82 Å². The van der Waals surface area contributed by atoms with Crippen LogP contribution in [0.4, 0.5) is 5.69 Å². The largest absolute Gasteiger partial charge is 0.375 e. The number of aryl methyl sites for hydroxylation is 1. The molecule has 5 nitrogen and oxygen atoms in total. The first-order valence-corrected chi connectivity index (χ1v) is 6.02. The number of nitrogens with one attached hydrogen (secondary N) is 4. The molecule has 1 rings (SSSR count). The summed E-state index contributed by atoms with van der Waals surface area (Å²) < 4.78 is 0. The number of carbonyl (C=O) groups is 1. The highest BCUT2D eigenvalue weighted by Gasteiger charge is 2.07.